The lowest BCUT2D eigenvalue weighted by Crippen LogP contribution is -2.53. The second kappa shape index (κ2) is 6.31. The van der Waals surface area contributed by atoms with Crippen LogP contribution < -0.4 is 0 Å². The molecule has 0 N–H and O–H groups in total. The Kier molecular flexibility index (Phi) is 5.03. The quantitative estimate of drug-likeness (QED) is 0.704. The first-order chi connectivity index (χ1) is 7.79. The molecule has 0 aromatic rings. The lowest BCUT2D eigenvalue weighted by Gasteiger charge is -2.39. The van der Waals surface area contributed by atoms with Gasteiger partial charge in [0.2, 0.25) is 0 Å². The molecule has 2 heterocycles. The van der Waals surface area contributed by atoms with Crippen LogP contribution in [0.1, 0.15) is 0 Å². The normalized spacial score (nSPS) is 34.1. The summed E-state index contributed by atoms with van der Waals surface area (Å²) in [5.41, 5.74) is 0. The van der Waals surface area contributed by atoms with Gasteiger partial charge in [-0.1, -0.05) is 15.9 Å². The summed E-state index contributed by atoms with van der Waals surface area (Å²) in [5.74, 6) is 0. The van der Waals surface area contributed by atoms with Crippen LogP contribution in [0.2, 0.25) is 0 Å². The standard InChI is InChI=1S/C11H21BrN2O2/c1-13-2-5-16-11(7-13)8-14-3-4-15-9-10(14)6-12/h10-11H,2-9H2,1H3. The number of hydrogen-bond acceptors (Lipinski definition) is 4. The van der Waals surface area contributed by atoms with Crippen LogP contribution in [-0.2, 0) is 9.47 Å². The van der Waals surface area contributed by atoms with Crippen molar-refractivity contribution in [2.45, 2.75) is 12.1 Å². The predicted molar refractivity (Wildman–Crippen MR) is 67.2 cm³/mol. The number of likely N-dealkylation sites (N-methyl/N-ethyl adjacent to an activating group) is 1. The van der Waals surface area contributed by atoms with Crippen molar-refractivity contribution in [2.75, 3.05) is 58.4 Å². The molecule has 2 aliphatic heterocycles. The lowest BCUT2D eigenvalue weighted by molar-refractivity contribution is -0.0645. The van der Waals surface area contributed by atoms with Gasteiger partial charge in [0, 0.05) is 37.6 Å². The van der Waals surface area contributed by atoms with Gasteiger partial charge in [0.1, 0.15) is 0 Å². The van der Waals surface area contributed by atoms with E-state index in [1.54, 1.807) is 0 Å². The number of morpholine rings is 2. The third-order valence-corrected chi connectivity index (χ3v) is 4.06. The maximum atomic E-state index is 5.80. The summed E-state index contributed by atoms with van der Waals surface area (Å²) in [5, 5.41) is 0.982. The van der Waals surface area contributed by atoms with Crippen LogP contribution in [0.25, 0.3) is 0 Å². The highest BCUT2D eigenvalue weighted by atomic mass is 79.9. The van der Waals surface area contributed by atoms with Crippen molar-refractivity contribution in [1.29, 1.82) is 0 Å². The summed E-state index contributed by atoms with van der Waals surface area (Å²) in [6, 6.07) is 0.504. The highest BCUT2D eigenvalue weighted by Gasteiger charge is 2.26. The maximum Gasteiger partial charge on any atom is 0.0829 e. The second-order valence-electron chi connectivity index (χ2n) is 4.63. The van der Waals surface area contributed by atoms with Crippen molar-refractivity contribution in [1.82, 2.24) is 9.80 Å². The first kappa shape index (κ1) is 12.8. The SMILES string of the molecule is CN1CCOC(CN2CCOCC2CBr)C1. The minimum absolute atomic E-state index is 0.360. The maximum absolute atomic E-state index is 5.80. The fourth-order valence-corrected chi connectivity index (χ4v) is 2.91. The van der Waals surface area contributed by atoms with Gasteiger partial charge in [-0.15, -0.1) is 0 Å². The third kappa shape index (κ3) is 3.40. The zero-order valence-electron chi connectivity index (χ0n) is 9.90. The minimum Gasteiger partial charge on any atom is -0.378 e. The molecule has 2 rings (SSSR count). The molecule has 4 nitrogen and oxygen atoms in total. The Morgan fingerprint density at radius 1 is 1.31 bits per heavy atom. The van der Waals surface area contributed by atoms with Crippen LogP contribution in [0.15, 0.2) is 0 Å². The molecule has 0 aromatic heterocycles. The van der Waals surface area contributed by atoms with Gasteiger partial charge in [-0.25, -0.2) is 0 Å². The average Bonchev–Trinajstić information content (AvgIpc) is 2.30. The lowest BCUT2D eigenvalue weighted by atomic mass is 10.2. The molecule has 0 aromatic carbocycles. The molecule has 2 atom stereocenters. The highest BCUT2D eigenvalue weighted by Crippen LogP contribution is 2.13. The number of rotatable bonds is 3. The summed E-state index contributed by atoms with van der Waals surface area (Å²) in [6.07, 6.45) is 0.360. The van der Waals surface area contributed by atoms with E-state index < -0.39 is 0 Å². The Bertz CT molecular complexity index is 218. The average molecular weight is 293 g/mol. The summed E-state index contributed by atoms with van der Waals surface area (Å²) >= 11 is 3.56. The van der Waals surface area contributed by atoms with Crippen LogP contribution in [0, 0.1) is 0 Å². The van der Waals surface area contributed by atoms with Gasteiger partial charge in [0.15, 0.2) is 0 Å². The van der Waals surface area contributed by atoms with E-state index in [0.717, 1.165) is 51.3 Å². The van der Waals surface area contributed by atoms with Crippen LogP contribution in [0.5, 0.6) is 0 Å². The smallest absolute Gasteiger partial charge is 0.0829 e. The predicted octanol–water partition coefficient (Wildman–Crippen LogP) is 0.413. The van der Waals surface area contributed by atoms with Gasteiger partial charge in [-0.2, -0.15) is 0 Å². The number of alkyl halides is 1. The van der Waals surface area contributed by atoms with Crippen molar-refractivity contribution >= 4 is 15.9 Å². The van der Waals surface area contributed by atoms with E-state index in [2.05, 4.69) is 32.8 Å². The summed E-state index contributed by atoms with van der Waals surface area (Å²) in [7, 11) is 2.16. The Hall–Kier alpha value is 0.320. The Balaban J connectivity index is 1.82. The molecule has 0 amide bonds. The molecule has 94 valence electrons. The van der Waals surface area contributed by atoms with Crippen LogP contribution in [0.3, 0.4) is 0 Å². The van der Waals surface area contributed by atoms with E-state index in [1.807, 2.05) is 0 Å². The molecule has 16 heavy (non-hydrogen) atoms. The van der Waals surface area contributed by atoms with Crippen molar-refractivity contribution in [2.24, 2.45) is 0 Å². The van der Waals surface area contributed by atoms with Gasteiger partial charge in [0.05, 0.1) is 25.9 Å². The van der Waals surface area contributed by atoms with E-state index in [1.165, 1.54) is 0 Å². The largest absolute Gasteiger partial charge is 0.378 e. The number of ether oxygens (including phenoxy) is 2. The van der Waals surface area contributed by atoms with Gasteiger partial charge in [-0.05, 0) is 7.05 Å². The number of hydrogen-bond donors (Lipinski definition) is 0. The van der Waals surface area contributed by atoms with Crippen molar-refractivity contribution in [3.05, 3.63) is 0 Å². The first-order valence-electron chi connectivity index (χ1n) is 5.97. The zero-order valence-corrected chi connectivity index (χ0v) is 11.5. The van der Waals surface area contributed by atoms with Gasteiger partial charge < -0.3 is 14.4 Å². The molecule has 2 fully saturated rings. The van der Waals surface area contributed by atoms with E-state index >= 15 is 0 Å². The molecule has 2 unspecified atom stereocenters. The number of halogens is 1. The van der Waals surface area contributed by atoms with E-state index in [-0.39, 0.29) is 0 Å². The van der Waals surface area contributed by atoms with Gasteiger partial charge in [0.25, 0.3) is 0 Å². The van der Waals surface area contributed by atoms with Crippen LogP contribution in [0.4, 0.5) is 0 Å². The molecular weight excluding hydrogens is 272 g/mol. The molecule has 2 saturated heterocycles. The van der Waals surface area contributed by atoms with E-state index in [4.69, 9.17) is 9.47 Å². The van der Waals surface area contributed by atoms with Crippen molar-refractivity contribution < 1.29 is 9.47 Å². The summed E-state index contributed by atoms with van der Waals surface area (Å²) in [6.45, 7) is 6.72. The van der Waals surface area contributed by atoms with E-state index in [0.29, 0.717) is 12.1 Å². The summed E-state index contributed by atoms with van der Waals surface area (Å²) in [4.78, 5) is 4.83. The van der Waals surface area contributed by atoms with Crippen LogP contribution in [-0.4, -0.2) is 80.3 Å². The Morgan fingerprint density at radius 3 is 2.94 bits per heavy atom. The molecule has 5 heteroatoms. The monoisotopic (exact) mass is 292 g/mol. The summed E-state index contributed by atoms with van der Waals surface area (Å²) < 4.78 is 11.3. The molecular formula is C11H21BrN2O2. The third-order valence-electron chi connectivity index (χ3n) is 3.31. The second-order valence-corrected chi connectivity index (χ2v) is 5.28. The Morgan fingerprint density at radius 2 is 2.19 bits per heavy atom. The molecule has 0 radical (unpaired) electrons. The Labute approximate surface area is 106 Å². The topological polar surface area (TPSA) is 24.9 Å². The number of nitrogens with zero attached hydrogens (tertiary/aromatic N) is 2. The van der Waals surface area contributed by atoms with Crippen molar-refractivity contribution in [3.8, 4) is 0 Å². The first-order valence-corrected chi connectivity index (χ1v) is 7.09. The fraction of sp³-hybridized carbons (Fsp3) is 1.00. The molecule has 0 aliphatic carbocycles. The minimum atomic E-state index is 0.360. The van der Waals surface area contributed by atoms with Crippen LogP contribution >= 0.6 is 15.9 Å². The fourth-order valence-electron chi connectivity index (χ4n) is 2.31. The van der Waals surface area contributed by atoms with E-state index in [9.17, 15) is 0 Å². The zero-order chi connectivity index (χ0) is 11.4. The van der Waals surface area contributed by atoms with Crippen molar-refractivity contribution in [3.63, 3.8) is 0 Å². The molecule has 0 bridgehead atoms. The molecule has 2 aliphatic rings. The van der Waals surface area contributed by atoms with Gasteiger partial charge in [-0.3, -0.25) is 4.90 Å². The molecule has 0 saturated carbocycles. The molecule has 0 spiro atoms. The highest BCUT2D eigenvalue weighted by molar-refractivity contribution is 9.09. The van der Waals surface area contributed by atoms with Gasteiger partial charge >= 0.3 is 0 Å².